The summed E-state index contributed by atoms with van der Waals surface area (Å²) in [7, 11) is 0. The average molecular weight is 395 g/mol. The van der Waals surface area contributed by atoms with Crippen molar-refractivity contribution in [2.24, 2.45) is 0 Å². The second-order valence-corrected chi connectivity index (χ2v) is 7.48. The summed E-state index contributed by atoms with van der Waals surface area (Å²) in [6.07, 6.45) is 0. The fourth-order valence-electron chi connectivity index (χ4n) is 1.90. The van der Waals surface area contributed by atoms with Crippen molar-refractivity contribution >= 4 is 51.5 Å². The lowest BCUT2D eigenvalue weighted by molar-refractivity contribution is 0.262. The molecule has 128 valence electrons. The molecule has 0 aliphatic heterocycles. The molecule has 25 heavy (non-hydrogen) atoms. The van der Waals surface area contributed by atoms with E-state index in [-0.39, 0.29) is 5.82 Å². The third-order valence-corrected chi connectivity index (χ3v) is 5.27. The van der Waals surface area contributed by atoms with Gasteiger partial charge in [-0.25, -0.2) is 9.18 Å². The lowest BCUT2D eigenvalue weighted by atomic mass is 10.2. The number of thioether (sulfide) groups is 1. The van der Waals surface area contributed by atoms with Gasteiger partial charge >= 0.3 is 6.03 Å². The van der Waals surface area contributed by atoms with E-state index in [4.69, 9.17) is 11.6 Å². The van der Waals surface area contributed by atoms with E-state index in [9.17, 15) is 9.18 Å². The van der Waals surface area contributed by atoms with E-state index in [2.05, 4.69) is 20.8 Å². The minimum Gasteiger partial charge on any atom is -0.308 e. The number of anilines is 2. The van der Waals surface area contributed by atoms with Crippen molar-refractivity contribution in [1.29, 1.82) is 0 Å². The second-order valence-electron chi connectivity index (χ2n) is 4.84. The summed E-state index contributed by atoms with van der Waals surface area (Å²) < 4.78 is 14.2. The highest BCUT2D eigenvalue weighted by atomic mass is 35.5. The number of halogens is 2. The van der Waals surface area contributed by atoms with E-state index in [0.717, 1.165) is 0 Å². The molecule has 0 aliphatic rings. The molecule has 0 aliphatic carbocycles. The molecule has 0 saturated heterocycles. The van der Waals surface area contributed by atoms with Gasteiger partial charge in [0, 0.05) is 16.5 Å². The monoisotopic (exact) mass is 394 g/mol. The zero-order valence-corrected chi connectivity index (χ0v) is 15.1. The number of aromatic nitrogens is 2. The number of nitrogens with zero attached hydrogens (tertiary/aromatic N) is 2. The van der Waals surface area contributed by atoms with Gasteiger partial charge in [-0.15, -0.1) is 10.2 Å². The minimum absolute atomic E-state index is 0.251. The van der Waals surface area contributed by atoms with Gasteiger partial charge < -0.3 is 5.32 Å². The maximum Gasteiger partial charge on any atom is 0.325 e. The lowest BCUT2D eigenvalue weighted by Gasteiger charge is -2.04. The van der Waals surface area contributed by atoms with E-state index in [0.29, 0.717) is 31.5 Å². The molecule has 0 saturated carbocycles. The molecule has 0 atom stereocenters. The van der Waals surface area contributed by atoms with Crippen LogP contribution in [0.2, 0.25) is 5.02 Å². The Balaban J connectivity index is 1.54. The van der Waals surface area contributed by atoms with Crippen LogP contribution in [-0.4, -0.2) is 16.2 Å². The van der Waals surface area contributed by atoms with Crippen molar-refractivity contribution in [3.63, 3.8) is 0 Å². The summed E-state index contributed by atoms with van der Waals surface area (Å²) in [4.78, 5) is 11.9. The SMILES string of the molecule is O=C(Nc1cccc(Cl)c1)Nc1nnc(SCc2ccccc2F)s1. The maximum absolute atomic E-state index is 13.6. The normalized spacial score (nSPS) is 10.5. The number of hydrogen-bond donors (Lipinski definition) is 2. The van der Waals surface area contributed by atoms with Crippen LogP contribution in [0.15, 0.2) is 52.9 Å². The van der Waals surface area contributed by atoms with Crippen molar-refractivity contribution in [3.8, 4) is 0 Å². The van der Waals surface area contributed by atoms with Crippen molar-refractivity contribution < 1.29 is 9.18 Å². The molecule has 2 N–H and O–H groups in total. The Labute approximate surface area is 156 Å². The molecule has 2 amide bonds. The summed E-state index contributed by atoms with van der Waals surface area (Å²) in [6, 6.07) is 12.9. The van der Waals surface area contributed by atoms with Gasteiger partial charge in [0.2, 0.25) is 5.13 Å². The first kappa shape index (κ1) is 17.7. The second kappa shape index (κ2) is 8.28. The number of carbonyl (C=O) groups is 1. The molecule has 5 nitrogen and oxygen atoms in total. The van der Waals surface area contributed by atoms with Gasteiger partial charge in [0.05, 0.1) is 0 Å². The van der Waals surface area contributed by atoms with E-state index in [1.54, 1.807) is 42.5 Å². The predicted molar refractivity (Wildman–Crippen MR) is 100.0 cm³/mol. The first-order valence-corrected chi connectivity index (χ1v) is 9.31. The molecule has 9 heteroatoms. The van der Waals surface area contributed by atoms with Crippen LogP contribution in [0, 0.1) is 5.82 Å². The summed E-state index contributed by atoms with van der Waals surface area (Å²) in [6.45, 7) is 0. The molecule has 3 rings (SSSR count). The van der Waals surface area contributed by atoms with Crippen molar-refractivity contribution in [1.82, 2.24) is 10.2 Å². The number of nitrogens with one attached hydrogen (secondary N) is 2. The molecule has 1 heterocycles. The molecule has 0 radical (unpaired) electrons. The quantitative estimate of drug-likeness (QED) is 0.457. The Bertz CT molecular complexity index is 890. The van der Waals surface area contributed by atoms with Gasteiger partial charge in [-0.3, -0.25) is 5.32 Å². The largest absolute Gasteiger partial charge is 0.325 e. The van der Waals surface area contributed by atoms with Gasteiger partial charge in [-0.05, 0) is 29.8 Å². The average Bonchev–Trinajstić information content (AvgIpc) is 3.01. The molecule has 0 unspecified atom stereocenters. The van der Waals surface area contributed by atoms with Crippen LogP contribution in [0.3, 0.4) is 0 Å². The number of amides is 2. The van der Waals surface area contributed by atoms with Crippen LogP contribution >= 0.6 is 34.7 Å². The van der Waals surface area contributed by atoms with Crippen LogP contribution < -0.4 is 10.6 Å². The van der Waals surface area contributed by atoms with E-state index in [1.165, 1.54) is 29.2 Å². The lowest BCUT2D eigenvalue weighted by Crippen LogP contribution is -2.19. The van der Waals surface area contributed by atoms with Crippen LogP contribution in [-0.2, 0) is 5.75 Å². The first-order chi connectivity index (χ1) is 12.1. The van der Waals surface area contributed by atoms with Crippen LogP contribution in [0.4, 0.5) is 20.0 Å². The summed E-state index contributed by atoms with van der Waals surface area (Å²) in [5, 5.41) is 14.0. The Kier molecular flexibility index (Phi) is 5.85. The summed E-state index contributed by atoms with van der Waals surface area (Å²) >= 11 is 8.44. The number of carbonyl (C=O) groups excluding carboxylic acids is 1. The highest BCUT2D eigenvalue weighted by molar-refractivity contribution is 8.00. The zero-order valence-electron chi connectivity index (χ0n) is 12.7. The summed E-state index contributed by atoms with van der Waals surface area (Å²) in [5.41, 5.74) is 1.17. The van der Waals surface area contributed by atoms with Crippen molar-refractivity contribution in [3.05, 3.63) is 64.9 Å². The van der Waals surface area contributed by atoms with Gasteiger partial charge in [0.15, 0.2) is 4.34 Å². The Morgan fingerprint density at radius 2 is 2.00 bits per heavy atom. The molecular formula is C16H12ClFN4OS2. The predicted octanol–water partition coefficient (Wildman–Crippen LogP) is 5.27. The highest BCUT2D eigenvalue weighted by Gasteiger charge is 2.10. The molecule has 1 aromatic heterocycles. The zero-order chi connectivity index (χ0) is 17.6. The molecule has 0 bridgehead atoms. The number of hydrogen-bond acceptors (Lipinski definition) is 5. The number of rotatable bonds is 5. The Hall–Kier alpha value is -2.16. The van der Waals surface area contributed by atoms with E-state index < -0.39 is 6.03 Å². The van der Waals surface area contributed by atoms with Crippen LogP contribution in [0.1, 0.15) is 5.56 Å². The van der Waals surface area contributed by atoms with E-state index >= 15 is 0 Å². The minimum atomic E-state index is -0.441. The van der Waals surface area contributed by atoms with E-state index in [1.807, 2.05) is 0 Å². The van der Waals surface area contributed by atoms with Crippen LogP contribution in [0.25, 0.3) is 0 Å². The molecule has 2 aromatic carbocycles. The summed E-state index contributed by atoms with van der Waals surface area (Å²) in [5.74, 6) is 0.189. The molecular weight excluding hydrogens is 383 g/mol. The topological polar surface area (TPSA) is 66.9 Å². The van der Waals surface area contributed by atoms with Gasteiger partial charge in [0.1, 0.15) is 5.82 Å². The Morgan fingerprint density at radius 1 is 1.16 bits per heavy atom. The van der Waals surface area contributed by atoms with Gasteiger partial charge in [-0.2, -0.15) is 0 Å². The molecule has 3 aromatic rings. The standard InChI is InChI=1S/C16H12ClFN4OS2/c17-11-5-3-6-12(8-11)19-14(23)20-15-21-22-16(25-15)24-9-10-4-1-2-7-13(10)18/h1-8H,9H2,(H2,19,20,21,23). The highest BCUT2D eigenvalue weighted by Crippen LogP contribution is 2.29. The van der Waals surface area contributed by atoms with Gasteiger partial charge in [-0.1, -0.05) is 59.0 Å². The fraction of sp³-hybridized carbons (Fsp3) is 0.0625. The third-order valence-electron chi connectivity index (χ3n) is 3.02. The smallest absolute Gasteiger partial charge is 0.308 e. The van der Waals surface area contributed by atoms with Crippen molar-refractivity contribution in [2.75, 3.05) is 10.6 Å². The first-order valence-electron chi connectivity index (χ1n) is 7.13. The van der Waals surface area contributed by atoms with Crippen LogP contribution in [0.5, 0.6) is 0 Å². The Morgan fingerprint density at radius 3 is 2.80 bits per heavy atom. The fourth-order valence-corrected chi connectivity index (χ4v) is 3.82. The van der Waals surface area contributed by atoms with Gasteiger partial charge in [0.25, 0.3) is 0 Å². The number of benzene rings is 2. The third kappa shape index (κ3) is 5.15. The maximum atomic E-state index is 13.6. The molecule has 0 spiro atoms. The van der Waals surface area contributed by atoms with Crippen molar-refractivity contribution in [2.45, 2.75) is 10.1 Å². The molecule has 0 fully saturated rings. The number of urea groups is 1.